The molecule has 8 aromatic carbocycles. The van der Waals surface area contributed by atoms with Crippen LogP contribution in [-0.4, -0.2) is 19.9 Å². The lowest BCUT2D eigenvalue weighted by atomic mass is 9.97. The lowest BCUT2D eigenvalue weighted by Crippen LogP contribution is -1.93. The van der Waals surface area contributed by atoms with E-state index in [0.29, 0.717) is 0 Å². The molecule has 4 aromatic heterocycles. The molecule has 0 aliphatic carbocycles. The van der Waals surface area contributed by atoms with Gasteiger partial charge in [0.1, 0.15) is 0 Å². The number of rotatable bonds is 36. The first kappa shape index (κ1) is 64.0. The normalized spacial score (nSPS) is 11.7. The van der Waals surface area contributed by atoms with Gasteiger partial charge in [0.2, 0.25) is 0 Å². The molecule has 0 aliphatic rings. The van der Waals surface area contributed by atoms with E-state index in [0.717, 1.165) is 69.8 Å². The Bertz CT molecular complexity index is 3660. The van der Waals surface area contributed by atoms with E-state index < -0.39 is 0 Å². The van der Waals surface area contributed by atoms with Crippen LogP contribution < -0.4 is 0 Å². The highest BCUT2D eigenvalue weighted by Crippen LogP contribution is 2.33. The minimum atomic E-state index is 1.13. The Balaban J connectivity index is 0.000000185. The fraction of sp³-hybridized carbons (Fsp3) is 0.395. The van der Waals surface area contributed by atoms with E-state index in [2.05, 4.69) is 194 Å². The molecule has 0 saturated carbocycles. The van der Waals surface area contributed by atoms with Gasteiger partial charge in [-0.2, -0.15) is 0 Å². The van der Waals surface area contributed by atoms with Crippen molar-refractivity contribution < 1.29 is 0 Å². The minimum Gasteiger partial charge on any atom is -0.248 e. The van der Waals surface area contributed by atoms with E-state index in [1.807, 2.05) is 0 Å². The highest BCUT2D eigenvalue weighted by atomic mass is 14.7. The molecule has 4 heteroatoms. The van der Waals surface area contributed by atoms with Gasteiger partial charge in [0, 0.05) is 43.1 Å². The summed E-state index contributed by atoms with van der Waals surface area (Å²) in [5.41, 5.74) is 15.0. The first-order valence-corrected chi connectivity index (χ1v) is 35.8. The highest BCUT2D eigenvalue weighted by molar-refractivity contribution is 6.00. The van der Waals surface area contributed by atoms with Crippen molar-refractivity contribution in [2.45, 2.75) is 218 Å². The Hall–Kier alpha value is -7.56. The second kappa shape index (κ2) is 35.2. The van der Waals surface area contributed by atoms with Crippen molar-refractivity contribution >= 4 is 87.2 Å². The zero-order valence-electron chi connectivity index (χ0n) is 54.3. The van der Waals surface area contributed by atoms with Crippen LogP contribution in [0.3, 0.4) is 0 Å². The molecule has 12 rings (SSSR count). The van der Waals surface area contributed by atoms with Crippen molar-refractivity contribution in [2.75, 3.05) is 0 Å². The molecule has 4 nitrogen and oxygen atoms in total. The van der Waals surface area contributed by atoms with Crippen molar-refractivity contribution in [3.63, 3.8) is 0 Å². The van der Waals surface area contributed by atoms with Gasteiger partial charge < -0.3 is 0 Å². The summed E-state index contributed by atoms with van der Waals surface area (Å²) >= 11 is 0. The molecule has 0 saturated heterocycles. The molecule has 0 bridgehead atoms. The van der Waals surface area contributed by atoms with Gasteiger partial charge in [-0.05, 0) is 122 Å². The van der Waals surface area contributed by atoms with Crippen LogP contribution >= 0.6 is 0 Å². The summed E-state index contributed by atoms with van der Waals surface area (Å²) in [7, 11) is 0. The van der Waals surface area contributed by atoms with Gasteiger partial charge in [-0.1, -0.05) is 313 Å². The first-order chi connectivity index (χ1) is 44.8. The van der Waals surface area contributed by atoms with Gasteiger partial charge in [0.05, 0.1) is 44.1 Å². The van der Waals surface area contributed by atoms with E-state index in [-0.39, 0.29) is 0 Å². The number of aromatic nitrogens is 4. The summed E-state index contributed by atoms with van der Waals surface area (Å²) in [4.78, 5) is 19.5. The summed E-state index contributed by atoms with van der Waals surface area (Å²) in [6.45, 7) is 0. The molecular formula is C86H100N4. The maximum absolute atomic E-state index is 4.89. The molecule has 0 amide bonds. The predicted octanol–water partition coefficient (Wildman–Crippen LogP) is 25.5. The van der Waals surface area contributed by atoms with Gasteiger partial charge in [-0.15, -0.1) is 0 Å². The molecule has 0 spiro atoms. The Labute approximate surface area is 538 Å². The topological polar surface area (TPSA) is 51.6 Å². The summed E-state index contributed by atoms with van der Waals surface area (Å²) in [5.74, 6) is 0. The van der Waals surface area contributed by atoms with Crippen LogP contribution in [0.25, 0.3) is 87.2 Å². The molecule has 0 N–H and O–H groups in total. The number of para-hydroxylation sites is 8. The smallest absolute Gasteiger partial charge is 0.0712 e. The molecule has 0 fully saturated rings. The molecule has 464 valence electrons. The largest absolute Gasteiger partial charge is 0.248 e. The second-order valence-electron chi connectivity index (χ2n) is 26.1. The fourth-order valence-corrected chi connectivity index (χ4v) is 14.6. The zero-order valence-corrected chi connectivity index (χ0v) is 54.3. The van der Waals surface area contributed by atoms with Crippen molar-refractivity contribution in [2.24, 2.45) is 0 Å². The third kappa shape index (κ3) is 17.9. The molecular weight excluding hydrogens is 1090 g/mol. The van der Waals surface area contributed by atoms with Crippen LogP contribution in [0.2, 0.25) is 0 Å². The Morgan fingerprint density at radius 1 is 0.133 bits per heavy atom. The first-order valence-electron chi connectivity index (χ1n) is 35.8. The number of unbranched alkanes of at least 4 members (excludes halogenated alkanes) is 28. The van der Waals surface area contributed by atoms with E-state index in [4.69, 9.17) is 19.9 Å². The number of nitrogens with zero attached hydrogens (tertiary/aromatic N) is 4. The summed E-state index contributed by atoms with van der Waals surface area (Å²) in [5, 5.41) is 10.7. The van der Waals surface area contributed by atoms with E-state index in [1.165, 1.54) is 258 Å². The molecule has 0 atom stereocenters. The van der Waals surface area contributed by atoms with Gasteiger partial charge in [-0.25, -0.2) is 19.9 Å². The monoisotopic (exact) mass is 1190 g/mol. The van der Waals surface area contributed by atoms with Crippen molar-refractivity contribution in [1.29, 1.82) is 0 Å². The highest BCUT2D eigenvalue weighted by Gasteiger charge is 2.13. The van der Waals surface area contributed by atoms with Crippen LogP contribution in [-0.2, 0) is 25.7 Å². The zero-order chi connectivity index (χ0) is 61.0. The van der Waals surface area contributed by atoms with Crippen molar-refractivity contribution in [1.82, 2.24) is 19.9 Å². The molecule has 0 aliphatic heterocycles. The van der Waals surface area contributed by atoms with Crippen LogP contribution in [0.5, 0.6) is 0 Å². The van der Waals surface area contributed by atoms with Gasteiger partial charge in [-0.3, -0.25) is 0 Å². The number of hydrogen-bond acceptors (Lipinski definition) is 4. The Morgan fingerprint density at radius 2 is 0.244 bits per heavy atom. The van der Waals surface area contributed by atoms with E-state index in [9.17, 15) is 0 Å². The maximum atomic E-state index is 4.89. The number of aryl methyl sites for hydroxylation is 4. The Morgan fingerprint density at radius 3 is 0.378 bits per heavy atom. The molecule has 4 heterocycles. The molecule has 12 aromatic rings. The van der Waals surface area contributed by atoms with E-state index in [1.54, 1.807) is 0 Å². The summed E-state index contributed by atoms with van der Waals surface area (Å²) in [6, 6.07) is 69.2. The Kier molecular flexibility index (Phi) is 25.0. The van der Waals surface area contributed by atoms with Crippen LogP contribution in [0.4, 0.5) is 0 Å². The van der Waals surface area contributed by atoms with Crippen molar-refractivity contribution in [3.8, 4) is 0 Å². The van der Waals surface area contributed by atoms with E-state index >= 15 is 0 Å². The standard InChI is InChI=1S/C44H52N2.C42H48N2/c1(3-5-7-9-11-13-15-25-35-37-27-17-21-31-41(37)45-42-32-22-18-28-38(35)42)2-4-6-8-10-12-14-16-26-36-39-29-19-23-33-43(39)46-44-34-24-20-30-40(36)44;1(3-5-7-9-11-13-23-33-35-25-15-19-29-39(35)43-40-30-20-16-26-36(33)40)2-4-6-8-10-12-14-24-34-37-27-17-21-31-41(37)44-42-32-22-18-28-38(34)42/h17-24,27-34H,1-16,25-26H2;15-22,25-32H,1-14,23-24H2. The number of benzene rings is 8. The van der Waals surface area contributed by atoms with Gasteiger partial charge >= 0.3 is 0 Å². The average Bonchev–Trinajstić information content (AvgIpc) is 0.971. The van der Waals surface area contributed by atoms with Gasteiger partial charge in [0.15, 0.2) is 0 Å². The lowest BCUT2D eigenvalue weighted by molar-refractivity contribution is 0.528. The second-order valence-corrected chi connectivity index (χ2v) is 26.1. The quantitative estimate of drug-likeness (QED) is 0.0290. The third-order valence-corrected chi connectivity index (χ3v) is 19.5. The number of pyridine rings is 4. The SMILES string of the molecule is c1ccc2c(CCCCCCCCCCCCCCCCCCc3c4ccccc4nc4ccccc34)c3ccccc3nc2c1.c1ccc2c(CCCCCCCCCCCCCCCCc3c4ccccc4nc4ccccc34)c3ccccc3nc2c1. The molecule has 90 heavy (non-hydrogen) atoms. The lowest BCUT2D eigenvalue weighted by Gasteiger charge is -2.11. The minimum absolute atomic E-state index is 1.13. The van der Waals surface area contributed by atoms with Crippen molar-refractivity contribution in [3.05, 3.63) is 216 Å². The number of hydrogen-bond donors (Lipinski definition) is 0. The summed E-state index contributed by atoms with van der Waals surface area (Å²) in [6.07, 6.45) is 45.9. The van der Waals surface area contributed by atoms with Gasteiger partial charge in [0.25, 0.3) is 0 Å². The molecule has 0 unspecified atom stereocenters. The number of fused-ring (bicyclic) bond motifs is 8. The van der Waals surface area contributed by atoms with Crippen LogP contribution in [0.15, 0.2) is 194 Å². The van der Waals surface area contributed by atoms with Crippen LogP contribution in [0.1, 0.15) is 215 Å². The average molecular weight is 1190 g/mol. The molecule has 0 radical (unpaired) electrons. The van der Waals surface area contributed by atoms with Crippen LogP contribution in [0, 0.1) is 0 Å². The predicted molar refractivity (Wildman–Crippen MR) is 390 cm³/mol. The maximum Gasteiger partial charge on any atom is 0.0712 e. The fourth-order valence-electron chi connectivity index (χ4n) is 14.6. The third-order valence-electron chi connectivity index (χ3n) is 19.5. The summed E-state index contributed by atoms with van der Waals surface area (Å²) < 4.78 is 0.